The van der Waals surface area contributed by atoms with Crippen molar-refractivity contribution in [2.45, 2.75) is 31.1 Å². The zero-order valence-electron chi connectivity index (χ0n) is 13.0. The molecule has 0 bridgehead atoms. The van der Waals surface area contributed by atoms with E-state index in [4.69, 9.17) is 16.3 Å². The van der Waals surface area contributed by atoms with Gasteiger partial charge in [0.15, 0.2) is 6.61 Å². The predicted octanol–water partition coefficient (Wildman–Crippen LogP) is 2.03. The molecule has 6 nitrogen and oxygen atoms in total. The average molecular weight is 361 g/mol. The Balaban J connectivity index is 2.19. The number of rotatable bonds is 7. The van der Waals surface area contributed by atoms with Crippen molar-refractivity contribution in [2.24, 2.45) is 0 Å². The second-order valence-electron chi connectivity index (χ2n) is 5.34. The molecule has 1 N–H and O–H groups in total. The van der Waals surface area contributed by atoms with E-state index in [2.05, 4.69) is 5.32 Å². The number of sulfonamides is 1. The van der Waals surface area contributed by atoms with E-state index in [1.54, 1.807) is 6.07 Å². The molecule has 2 rings (SSSR count). The molecule has 1 amide bonds. The molecule has 0 atom stereocenters. The predicted molar refractivity (Wildman–Crippen MR) is 88.2 cm³/mol. The summed E-state index contributed by atoms with van der Waals surface area (Å²) in [6.45, 7) is 3.25. The molecule has 0 spiro atoms. The van der Waals surface area contributed by atoms with E-state index in [0.717, 1.165) is 19.3 Å². The summed E-state index contributed by atoms with van der Waals surface area (Å²) in [5, 5.41) is 2.99. The molecule has 1 aliphatic rings. The van der Waals surface area contributed by atoms with Gasteiger partial charge in [-0.2, -0.15) is 4.31 Å². The maximum Gasteiger partial charge on any atom is 0.257 e. The number of carbonyl (C=O) groups excluding carboxylic acids is 1. The van der Waals surface area contributed by atoms with Gasteiger partial charge in [0.1, 0.15) is 10.6 Å². The molecule has 1 aromatic rings. The lowest BCUT2D eigenvalue weighted by Crippen LogP contribution is -2.31. The first-order valence-electron chi connectivity index (χ1n) is 7.64. The number of benzene rings is 1. The molecule has 23 heavy (non-hydrogen) atoms. The average Bonchev–Trinajstić information content (AvgIpc) is 3.06. The van der Waals surface area contributed by atoms with Crippen molar-refractivity contribution < 1.29 is 17.9 Å². The number of amides is 1. The minimum absolute atomic E-state index is 0.00944. The summed E-state index contributed by atoms with van der Waals surface area (Å²) in [5.41, 5.74) is 0. The van der Waals surface area contributed by atoms with Crippen molar-refractivity contribution in [3.8, 4) is 5.75 Å². The van der Waals surface area contributed by atoms with Crippen molar-refractivity contribution in [3.63, 3.8) is 0 Å². The lowest BCUT2D eigenvalue weighted by molar-refractivity contribution is -0.123. The number of hydrogen-bond donors (Lipinski definition) is 1. The van der Waals surface area contributed by atoms with Crippen LogP contribution in [-0.2, 0) is 14.8 Å². The maximum absolute atomic E-state index is 12.7. The summed E-state index contributed by atoms with van der Waals surface area (Å²) in [7, 11) is -3.66. The Morgan fingerprint density at radius 3 is 2.70 bits per heavy atom. The van der Waals surface area contributed by atoms with E-state index in [1.807, 2.05) is 6.92 Å². The minimum Gasteiger partial charge on any atom is -0.482 e. The van der Waals surface area contributed by atoms with Crippen molar-refractivity contribution in [1.82, 2.24) is 9.62 Å². The van der Waals surface area contributed by atoms with Gasteiger partial charge in [-0.15, -0.1) is 0 Å². The standard InChI is InChI=1S/C15H21ClN2O4S/c1-2-7-17-15(19)11-22-13-6-5-12(16)10-14(13)23(20,21)18-8-3-4-9-18/h5-6,10H,2-4,7-9,11H2,1H3,(H,17,19). The van der Waals surface area contributed by atoms with Gasteiger partial charge in [0, 0.05) is 24.7 Å². The third-order valence-corrected chi connectivity index (χ3v) is 5.67. The molecule has 1 aliphatic heterocycles. The summed E-state index contributed by atoms with van der Waals surface area (Å²) in [6, 6.07) is 4.40. The summed E-state index contributed by atoms with van der Waals surface area (Å²) in [5.74, 6) is -0.140. The normalized spacial score (nSPS) is 15.6. The molecular weight excluding hydrogens is 340 g/mol. The second-order valence-corrected chi connectivity index (χ2v) is 7.68. The molecule has 8 heteroatoms. The molecule has 0 aliphatic carbocycles. The number of hydrogen-bond acceptors (Lipinski definition) is 4. The van der Waals surface area contributed by atoms with Gasteiger partial charge in [0.2, 0.25) is 10.0 Å². The maximum atomic E-state index is 12.7. The Morgan fingerprint density at radius 2 is 2.04 bits per heavy atom. The fourth-order valence-electron chi connectivity index (χ4n) is 2.33. The zero-order chi connectivity index (χ0) is 16.9. The molecule has 1 heterocycles. The third-order valence-electron chi connectivity index (χ3n) is 3.52. The molecule has 1 fully saturated rings. The number of halogens is 1. The molecule has 0 aromatic heterocycles. The smallest absolute Gasteiger partial charge is 0.257 e. The van der Waals surface area contributed by atoms with Crippen LogP contribution in [0, 0.1) is 0 Å². The van der Waals surface area contributed by atoms with E-state index in [9.17, 15) is 13.2 Å². The molecular formula is C15H21ClN2O4S. The fraction of sp³-hybridized carbons (Fsp3) is 0.533. The molecule has 0 saturated carbocycles. The van der Waals surface area contributed by atoms with Crippen LogP contribution >= 0.6 is 11.6 Å². The van der Waals surface area contributed by atoms with Gasteiger partial charge in [0.05, 0.1) is 0 Å². The quantitative estimate of drug-likeness (QED) is 0.807. The number of carbonyl (C=O) groups is 1. The molecule has 128 valence electrons. The van der Waals surface area contributed by atoms with Crippen molar-refractivity contribution in [3.05, 3.63) is 23.2 Å². The summed E-state index contributed by atoms with van der Waals surface area (Å²) < 4.78 is 32.3. The van der Waals surface area contributed by atoms with E-state index < -0.39 is 10.0 Å². The van der Waals surface area contributed by atoms with Crippen LogP contribution in [-0.4, -0.2) is 44.9 Å². The second kappa shape index (κ2) is 7.99. The van der Waals surface area contributed by atoms with Gasteiger partial charge in [-0.3, -0.25) is 4.79 Å². The number of nitrogens with one attached hydrogen (secondary N) is 1. The van der Waals surface area contributed by atoms with Crippen LogP contribution in [0.15, 0.2) is 23.1 Å². The van der Waals surface area contributed by atoms with Crippen LogP contribution < -0.4 is 10.1 Å². The highest BCUT2D eigenvalue weighted by Crippen LogP contribution is 2.31. The van der Waals surface area contributed by atoms with Crippen LogP contribution in [0.25, 0.3) is 0 Å². The number of nitrogens with zero attached hydrogens (tertiary/aromatic N) is 1. The van der Waals surface area contributed by atoms with Crippen molar-refractivity contribution >= 4 is 27.5 Å². The van der Waals surface area contributed by atoms with Crippen LogP contribution in [0.1, 0.15) is 26.2 Å². The van der Waals surface area contributed by atoms with Gasteiger partial charge >= 0.3 is 0 Å². The number of ether oxygens (including phenoxy) is 1. The Labute approximate surface area is 141 Å². The first kappa shape index (κ1) is 18.0. The molecule has 0 radical (unpaired) electrons. The Morgan fingerprint density at radius 1 is 1.35 bits per heavy atom. The largest absolute Gasteiger partial charge is 0.482 e. The summed E-state index contributed by atoms with van der Waals surface area (Å²) >= 11 is 5.94. The van der Waals surface area contributed by atoms with E-state index in [-0.39, 0.29) is 23.2 Å². The summed E-state index contributed by atoms with van der Waals surface area (Å²) in [4.78, 5) is 11.6. The van der Waals surface area contributed by atoms with Crippen LogP contribution in [0.5, 0.6) is 5.75 Å². The van der Waals surface area contributed by atoms with Crippen molar-refractivity contribution in [2.75, 3.05) is 26.2 Å². The van der Waals surface area contributed by atoms with Gasteiger partial charge in [0.25, 0.3) is 5.91 Å². The highest BCUT2D eigenvalue weighted by molar-refractivity contribution is 7.89. The molecule has 0 unspecified atom stereocenters. The van der Waals surface area contributed by atoms with Gasteiger partial charge in [-0.25, -0.2) is 8.42 Å². The Hall–Kier alpha value is -1.31. The molecule has 1 aromatic carbocycles. The highest BCUT2D eigenvalue weighted by atomic mass is 35.5. The first-order chi connectivity index (χ1) is 10.9. The minimum atomic E-state index is -3.66. The lowest BCUT2D eigenvalue weighted by atomic mass is 10.3. The lowest BCUT2D eigenvalue weighted by Gasteiger charge is -2.18. The molecule has 1 saturated heterocycles. The van der Waals surface area contributed by atoms with E-state index in [1.165, 1.54) is 16.4 Å². The zero-order valence-corrected chi connectivity index (χ0v) is 14.6. The SMILES string of the molecule is CCCNC(=O)COc1ccc(Cl)cc1S(=O)(=O)N1CCCC1. The topological polar surface area (TPSA) is 75.7 Å². The Bertz CT molecular complexity index is 657. The van der Waals surface area contributed by atoms with Crippen LogP contribution in [0.2, 0.25) is 5.02 Å². The first-order valence-corrected chi connectivity index (χ1v) is 9.46. The monoisotopic (exact) mass is 360 g/mol. The van der Waals surface area contributed by atoms with Gasteiger partial charge < -0.3 is 10.1 Å². The summed E-state index contributed by atoms with van der Waals surface area (Å²) in [6.07, 6.45) is 2.51. The van der Waals surface area contributed by atoms with Crippen molar-refractivity contribution in [1.29, 1.82) is 0 Å². The van der Waals surface area contributed by atoms with Gasteiger partial charge in [-0.1, -0.05) is 18.5 Å². The van der Waals surface area contributed by atoms with Crippen LogP contribution in [0.4, 0.5) is 0 Å². The third kappa shape index (κ3) is 4.59. The van der Waals surface area contributed by atoms with E-state index in [0.29, 0.717) is 24.7 Å². The Kier molecular flexibility index (Phi) is 6.26. The highest BCUT2D eigenvalue weighted by Gasteiger charge is 2.30. The van der Waals surface area contributed by atoms with E-state index >= 15 is 0 Å². The van der Waals surface area contributed by atoms with Crippen LogP contribution in [0.3, 0.4) is 0 Å². The fourth-order valence-corrected chi connectivity index (χ4v) is 4.24. The van der Waals surface area contributed by atoms with Gasteiger partial charge in [-0.05, 0) is 37.5 Å².